The Bertz CT molecular complexity index is 912. The van der Waals surface area contributed by atoms with Crippen molar-refractivity contribution in [1.29, 1.82) is 0 Å². The number of aliphatic hydroxyl groups excluding tert-OH is 1. The molecule has 5 nitrogen and oxygen atoms in total. The van der Waals surface area contributed by atoms with Crippen LogP contribution in [0.2, 0.25) is 0 Å². The van der Waals surface area contributed by atoms with Crippen LogP contribution in [0.4, 0.5) is 5.69 Å². The first kappa shape index (κ1) is 17.7. The van der Waals surface area contributed by atoms with Crippen molar-refractivity contribution < 1.29 is 19.8 Å². The van der Waals surface area contributed by atoms with Crippen molar-refractivity contribution >= 4 is 17.4 Å². The fourth-order valence-electron chi connectivity index (χ4n) is 3.19. The molecule has 0 bridgehead atoms. The summed E-state index contributed by atoms with van der Waals surface area (Å²) >= 11 is 0. The van der Waals surface area contributed by atoms with Crippen LogP contribution in [-0.2, 0) is 9.59 Å². The van der Waals surface area contributed by atoms with Crippen molar-refractivity contribution in [1.82, 2.24) is 0 Å². The molecular formula is C21H21NO4. The molecule has 1 atom stereocenters. The summed E-state index contributed by atoms with van der Waals surface area (Å²) in [6.45, 7) is 5.62. The predicted octanol–water partition coefficient (Wildman–Crippen LogP) is 3.89. The van der Waals surface area contributed by atoms with Crippen molar-refractivity contribution in [2.75, 3.05) is 4.90 Å². The molecule has 0 radical (unpaired) electrons. The molecule has 0 saturated heterocycles. The Kier molecular flexibility index (Phi) is 4.55. The zero-order valence-corrected chi connectivity index (χ0v) is 15.0. The second-order valence-electron chi connectivity index (χ2n) is 6.48. The second kappa shape index (κ2) is 6.67. The number of hydrogen-bond acceptors (Lipinski definition) is 4. The number of rotatable bonds is 4. The molecule has 5 heteroatoms. The first-order valence-corrected chi connectivity index (χ1v) is 8.51. The van der Waals surface area contributed by atoms with E-state index in [1.54, 1.807) is 25.1 Å². The molecule has 0 saturated carbocycles. The van der Waals surface area contributed by atoms with Gasteiger partial charge >= 0.3 is 0 Å². The van der Waals surface area contributed by atoms with Crippen LogP contribution in [0.25, 0.3) is 0 Å². The minimum atomic E-state index is -0.724. The Morgan fingerprint density at radius 3 is 2.27 bits per heavy atom. The van der Waals surface area contributed by atoms with E-state index in [9.17, 15) is 19.8 Å². The first-order chi connectivity index (χ1) is 12.3. The molecule has 2 N–H and O–H groups in total. The fourth-order valence-corrected chi connectivity index (χ4v) is 3.19. The Morgan fingerprint density at radius 1 is 1.04 bits per heavy atom. The minimum absolute atomic E-state index is 0.0902. The summed E-state index contributed by atoms with van der Waals surface area (Å²) in [4.78, 5) is 26.7. The van der Waals surface area contributed by atoms with Crippen LogP contribution in [0.5, 0.6) is 5.75 Å². The normalized spacial score (nSPS) is 17.1. The van der Waals surface area contributed by atoms with Crippen LogP contribution in [0.15, 0.2) is 53.8 Å². The van der Waals surface area contributed by atoms with Gasteiger partial charge in [-0.25, -0.2) is 0 Å². The number of phenolic OH excluding ortho intramolecular Hbond substituents is 1. The number of phenols is 1. The van der Waals surface area contributed by atoms with Crippen LogP contribution in [-0.4, -0.2) is 21.9 Å². The molecule has 1 aliphatic heterocycles. The number of anilines is 1. The van der Waals surface area contributed by atoms with Crippen molar-refractivity contribution in [3.8, 4) is 5.75 Å². The van der Waals surface area contributed by atoms with E-state index in [1.807, 2.05) is 26.0 Å². The third-order valence-electron chi connectivity index (χ3n) is 4.81. The summed E-state index contributed by atoms with van der Waals surface area (Å²) in [5, 5.41) is 20.0. The Hall–Kier alpha value is -3.08. The molecule has 1 heterocycles. The van der Waals surface area contributed by atoms with Gasteiger partial charge in [0.2, 0.25) is 0 Å². The summed E-state index contributed by atoms with van der Waals surface area (Å²) in [6, 6.07) is 11.2. The molecule has 26 heavy (non-hydrogen) atoms. The predicted molar refractivity (Wildman–Crippen MR) is 99.2 cm³/mol. The van der Waals surface area contributed by atoms with Crippen LogP contribution < -0.4 is 4.90 Å². The van der Waals surface area contributed by atoms with E-state index in [4.69, 9.17) is 0 Å². The molecule has 1 amide bonds. The molecule has 1 aliphatic rings. The number of benzene rings is 2. The molecule has 2 aromatic rings. The lowest BCUT2D eigenvalue weighted by atomic mass is 9.94. The standard InChI is InChI=1S/C21H21NO4/c1-4-17(24)18-19(14-6-9-16(23)10-7-14)22(21(26)20(18)25)15-8-5-12(2)13(3)11-15/h5-11,19,23,25H,4H2,1-3H3. The van der Waals surface area contributed by atoms with E-state index in [1.165, 1.54) is 17.0 Å². The number of amides is 1. The minimum Gasteiger partial charge on any atom is -0.508 e. The van der Waals surface area contributed by atoms with Crippen LogP contribution in [0.3, 0.4) is 0 Å². The topological polar surface area (TPSA) is 77.8 Å². The zero-order valence-electron chi connectivity index (χ0n) is 15.0. The number of Topliss-reactive ketones (excluding diaryl/α,β-unsaturated/α-hetero) is 1. The van der Waals surface area contributed by atoms with E-state index in [0.29, 0.717) is 11.3 Å². The highest BCUT2D eigenvalue weighted by molar-refractivity contribution is 6.16. The molecule has 2 aromatic carbocycles. The van der Waals surface area contributed by atoms with Crippen LogP contribution in [0.1, 0.15) is 36.1 Å². The number of aliphatic hydroxyl groups is 1. The zero-order chi connectivity index (χ0) is 19.0. The maximum atomic E-state index is 12.8. The molecule has 0 aromatic heterocycles. The molecular weight excluding hydrogens is 330 g/mol. The summed E-state index contributed by atoms with van der Waals surface area (Å²) in [5.74, 6) is -1.29. The van der Waals surface area contributed by atoms with Gasteiger partial charge in [0.15, 0.2) is 11.5 Å². The first-order valence-electron chi connectivity index (χ1n) is 8.51. The summed E-state index contributed by atoms with van der Waals surface area (Å²) in [5.41, 5.74) is 3.46. The van der Waals surface area contributed by atoms with Gasteiger partial charge in [-0.05, 0) is 54.8 Å². The van der Waals surface area contributed by atoms with Gasteiger partial charge in [-0.3, -0.25) is 14.5 Å². The summed E-state index contributed by atoms with van der Waals surface area (Å²) in [7, 11) is 0. The van der Waals surface area contributed by atoms with Crippen molar-refractivity contribution in [2.24, 2.45) is 0 Å². The molecule has 0 fully saturated rings. The largest absolute Gasteiger partial charge is 0.508 e. The highest BCUT2D eigenvalue weighted by Gasteiger charge is 2.43. The average Bonchev–Trinajstić information content (AvgIpc) is 2.89. The summed E-state index contributed by atoms with van der Waals surface area (Å²) < 4.78 is 0. The number of aromatic hydroxyl groups is 1. The Balaban J connectivity index is 2.18. The molecule has 0 spiro atoms. The van der Waals surface area contributed by atoms with Gasteiger partial charge in [-0.15, -0.1) is 0 Å². The lowest BCUT2D eigenvalue weighted by molar-refractivity contribution is -0.118. The van der Waals surface area contributed by atoms with Crippen molar-refractivity contribution in [3.05, 3.63) is 70.5 Å². The van der Waals surface area contributed by atoms with Crippen molar-refractivity contribution in [3.63, 3.8) is 0 Å². The molecule has 0 aliphatic carbocycles. The number of carbonyl (C=O) groups excluding carboxylic acids is 2. The van der Waals surface area contributed by atoms with Crippen LogP contribution >= 0.6 is 0 Å². The van der Waals surface area contributed by atoms with E-state index in [2.05, 4.69) is 0 Å². The molecule has 3 rings (SSSR count). The van der Waals surface area contributed by atoms with Gasteiger partial charge in [-0.2, -0.15) is 0 Å². The number of nitrogens with zero attached hydrogens (tertiary/aromatic N) is 1. The quantitative estimate of drug-likeness (QED) is 0.876. The monoisotopic (exact) mass is 351 g/mol. The second-order valence-corrected chi connectivity index (χ2v) is 6.48. The molecule has 134 valence electrons. The van der Waals surface area contributed by atoms with Gasteiger partial charge in [0, 0.05) is 12.1 Å². The van der Waals surface area contributed by atoms with Gasteiger partial charge in [0.25, 0.3) is 5.91 Å². The number of aryl methyl sites for hydroxylation is 2. The van der Waals surface area contributed by atoms with E-state index in [-0.39, 0.29) is 23.5 Å². The molecule has 1 unspecified atom stereocenters. The highest BCUT2D eigenvalue weighted by Crippen LogP contribution is 2.41. The maximum absolute atomic E-state index is 12.8. The van der Waals surface area contributed by atoms with Crippen molar-refractivity contribution in [2.45, 2.75) is 33.2 Å². The smallest absolute Gasteiger partial charge is 0.294 e. The lowest BCUT2D eigenvalue weighted by Gasteiger charge is -2.27. The Morgan fingerprint density at radius 2 is 1.69 bits per heavy atom. The average molecular weight is 351 g/mol. The third-order valence-corrected chi connectivity index (χ3v) is 4.81. The van der Waals surface area contributed by atoms with Crippen LogP contribution in [0, 0.1) is 13.8 Å². The van der Waals surface area contributed by atoms with Gasteiger partial charge in [0.05, 0.1) is 11.6 Å². The number of hydrogen-bond donors (Lipinski definition) is 2. The van der Waals surface area contributed by atoms with Gasteiger partial charge in [-0.1, -0.05) is 25.1 Å². The van der Waals surface area contributed by atoms with Gasteiger partial charge in [0.1, 0.15) is 5.75 Å². The lowest BCUT2D eigenvalue weighted by Crippen LogP contribution is -2.31. The number of carbonyl (C=O) groups is 2. The Labute approximate surface area is 152 Å². The summed E-state index contributed by atoms with van der Waals surface area (Å²) in [6.07, 6.45) is 0.183. The fraction of sp³-hybridized carbons (Fsp3) is 0.238. The van der Waals surface area contributed by atoms with E-state index in [0.717, 1.165) is 11.1 Å². The number of ketones is 1. The third kappa shape index (κ3) is 2.86. The van der Waals surface area contributed by atoms with Gasteiger partial charge < -0.3 is 10.2 Å². The highest BCUT2D eigenvalue weighted by atomic mass is 16.3. The van der Waals surface area contributed by atoms with E-state index >= 15 is 0 Å². The maximum Gasteiger partial charge on any atom is 0.294 e. The SMILES string of the molecule is CCC(=O)C1=C(O)C(=O)N(c2ccc(C)c(C)c2)C1c1ccc(O)cc1. The van der Waals surface area contributed by atoms with E-state index < -0.39 is 17.7 Å².